The summed E-state index contributed by atoms with van der Waals surface area (Å²) >= 11 is 0. The zero-order chi connectivity index (χ0) is 25.8. The van der Waals surface area contributed by atoms with Crippen LogP contribution in [0.25, 0.3) is 0 Å². The average Bonchev–Trinajstić information content (AvgIpc) is 3.47. The predicted molar refractivity (Wildman–Crippen MR) is 138 cm³/mol. The molecule has 4 rings (SSSR count). The number of amides is 2. The van der Waals surface area contributed by atoms with Gasteiger partial charge in [-0.2, -0.15) is 0 Å². The Hall–Kier alpha value is -3.22. The van der Waals surface area contributed by atoms with Gasteiger partial charge in [0, 0.05) is 48.8 Å². The molecule has 0 bridgehead atoms. The Labute approximate surface area is 213 Å². The monoisotopic (exact) mass is 492 g/mol. The van der Waals surface area contributed by atoms with Crippen LogP contribution in [0.3, 0.4) is 0 Å². The van der Waals surface area contributed by atoms with Crippen LogP contribution in [0.2, 0.25) is 0 Å². The number of morpholine rings is 1. The van der Waals surface area contributed by atoms with Crippen molar-refractivity contribution in [1.29, 1.82) is 0 Å². The molecule has 2 heterocycles. The fraction of sp³-hybridized carbons (Fsp3) is 0.429. The summed E-state index contributed by atoms with van der Waals surface area (Å²) in [4.78, 5) is 27.1. The molecule has 2 aromatic rings. The van der Waals surface area contributed by atoms with Crippen LogP contribution in [-0.2, 0) is 16.1 Å². The number of hydroxylamine groups is 1. The Bertz CT molecular complexity index is 1030. The molecule has 2 saturated heterocycles. The maximum absolute atomic E-state index is 12.7. The first-order valence-corrected chi connectivity index (χ1v) is 12.6. The molecule has 2 fully saturated rings. The first kappa shape index (κ1) is 27.4. The summed E-state index contributed by atoms with van der Waals surface area (Å²) in [5, 5.41) is 14.9. The number of carbonyl (C=O) groups excluding carboxylic acids is 2. The molecule has 2 unspecified atom stereocenters. The Kier molecular flexibility index (Phi) is 10.9. The number of benzene rings is 2. The Morgan fingerprint density at radius 3 is 2.22 bits per heavy atom. The number of carbonyl (C=O) groups is 2. The lowest BCUT2D eigenvalue weighted by molar-refractivity contribution is -0.132. The summed E-state index contributed by atoms with van der Waals surface area (Å²) in [5.41, 5.74) is 5.06. The highest BCUT2D eigenvalue weighted by molar-refractivity contribution is 5.97. The van der Waals surface area contributed by atoms with Crippen molar-refractivity contribution in [1.82, 2.24) is 21.0 Å². The van der Waals surface area contributed by atoms with Gasteiger partial charge in [0.25, 0.3) is 11.8 Å². The zero-order valence-electron chi connectivity index (χ0n) is 21.0. The number of rotatable bonds is 6. The van der Waals surface area contributed by atoms with Crippen LogP contribution in [0.1, 0.15) is 47.3 Å². The quantitative estimate of drug-likeness (QED) is 0.280. The normalized spacial score (nSPS) is 18.1. The van der Waals surface area contributed by atoms with E-state index in [2.05, 4.69) is 39.5 Å². The highest BCUT2D eigenvalue weighted by Gasteiger charge is 2.32. The molecule has 0 saturated carbocycles. The van der Waals surface area contributed by atoms with Gasteiger partial charge in [0.1, 0.15) is 6.04 Å². The van der Waals surface area contributed by atoms with Crippen LogP contribution in [0.4, 0.5) is 0 Å². The summed E-state index contributed by atoms with van der Waals surface area (Å²) in [6, 6.07) is 14.4. The molecule has 0 spiro atoms. The Balaban J connectivity index is 0.00000176. The molecule has 192 valence electrons. The van der Waals surface area contributed by atoms with Crippen molar-refractivity contribution in [3.8, 4) is 11.8 Å². The van der Waals surface area contributed by atoms with Gasteiger partial charge in [-0.15, -0.1) is 0 Å². The molecule has 0 radical (unpaired) electrons. The molecule has 8 heteroatoms. The van der Waals surface area contributed by atoms with E-state index in [0.717, 1.165) is 56.9 Å². The molecule has 4 N–H and O–H groups in total. The highest BCUT2D eigenvalue weighted by atomic mass is 16.5. The van der Waals surface area contributed by atoms with Gasteiger partial charge < -0.3 is 15.4 Å². The minimum absolute atomic E-state index is 0.0681. The summed E-state index contributed by atoms with van der Waals surface area (Å²) in [6.45, 7) is 9.81. The second-order valence-corrected chi connectivity index (χ2v) is 8.59. The molecule has 2 aromatic carbocycles. The van der Waals surface area contributed by atoms with E-state index in [1.54, 1.807) is 29.7 Å². The van der Waals surface area contributed by atoms with Crippen LogP contribution in [-0.4, -0.2) is 67.4 Å². The number of nitrogens with zero attached hydrogens (tertiary/aromatic N) is 1. The maximum atomic E-state index is 12.7. The third-order valence-electron chi connectivity index (χ3n) is 6.21. The van der Waals surface area contributed by atoms with Gasteiger partial charge in [-0.25, -0.2) is 5.48 Å². The van der Waals surface area contributed by atoms with E-state index in [1.165, 1.54) is 5.56 Å². The molecule has 2 atom stereocenters. The molecule has 0 aliphatic carbocycles. The van der Waals surface area contributed by atoms with Crippen molar-refractivity contribution in [2.75, 3.05) is 39.4 Å². The van der Waals surface area contributed by atoms with Crippen molar-refractivity contribution in [3.63, 3.8) is 0 Å². The lowest BCUT2D eigenvalue weighted by atomic mass is 9.97. The predicted octanol–water partition coefficient (Wildman–Crippen LogP) is 2.16. The van der Waals surface area contributed by atoms with E-state index in [0.29, 0.717) is 12.1 Å². The molecule has 2 aliphatic rings. The minimum atomic E-state index is -0.793. The van der Waals surface area contributed by atoms with Crippen molar-refractivity contribution >= 4 is 11.8 Å². The standard InChI is InChI=1S/C26H30N4O4.C2H6/c31-25(28-24(26(32)29-33)23-11-12-27-17-23)22-9-7-20(8-10-22)2-1-19-3-5-21(6-4-19)18-30-13-15-34-16-14-30;1-2/h3-10,23-24,27,33H,11-18H2,(H,28,31)(H,29,32);1-2H3. The number of ether oxygens (including phenoxy) is 1. The molecule has 2 aliphatic heterocycles. The second-order valence-electron chi connectivity index (χ2n) is 8.59. The van der Waals surface area contributed by atoms with E-state index >= 15 is 0 Å². The topological polar surface area (TPSA) is 103 Å². The fourth-order valence-corrected chi connectivity index (χ4v) is 4.21. The van der Waals surface area contributed by atoms with E-state index in [-0.39, 0.29) is 11.8 Å². The van der Waals surface area contributed by atoms with Crippen molar-refractivity contribution in [3.05, 3.63) is 70.8 Å². The summed E-state index contributed by atoms with van der Waals surface area (Å²) < 4.78 is 5.39. The van der Waals surface area contributed by atoms with Gasteiger partial charge in [-0.1, -0.05) is 37.8 Å². The van der Waals surface area contributed by atoms with Gasteiger partial charge >= 0.3 is 0 Å². The molecule has 8 nitrogen and oxygen atoms in total. The molecular formula is C28H36N4O4. The smallest absolute Gasteiger partial charge is 0.266 e. The van der Waals surface area contributed by atoms with Crippen molar-refractivity contribution < 1.29 is 19.5 Å². The van der Waals surface area contributed by atoms with Crippen LogP contribution in [0.5, 0.6) is 0 Å². The molecule has 36 heavy (non-hydrogen) atoms. The molecule has 2 amide bonds. The first-order chi connectivity index (χ1) is 17.6. The van der Waals surface area contributed by atoms with E-state index < -0.39 is 11.9 Å². The zero-order valence-corrected chi connectivity index (χ0v) is 21.0. The minimum Gasteiger partial charge on any atom is -0.379 e. The van der Waals surface area contributed by atoms with E-state index in [9.17, 15) is 9.59 Å². The number of hydrogen-bond acceptors (Lipinski definition) is 6. The summed E-state index contributed by atoms with van der Waals surface area (Å²) in [7, 11) is 0. The first-order valence-electron chi connectivity index (χ1n) is 12.6. The average molecular weight is 493 g/mol. The van der Waals surface area contributed by atoms with Crippen LogP contribution < -0.4 is 16.1 Å². The largest absolute Gasteiger partial charge is 0.379 e. The van der Waals surface area contributed by atoms with E-state index in [1.807, 2.05) is 26.0 Å². The third-order valence-corrected chi connectivity index (χ3v) is 6.21. The summed E-state index contributed by atoms with van der Waals surface area (Å²) in [5.74, 6) is 5.24. The number of nitrogens with one attached hydrogen (secondary N) is 3. The van der Waals surface area contributed by atoms with Gasteiger partial charge in [0.15, 0.2) is 0 Å². The third kappa shape index (κ3) is 7.90. The van der Waals surface area contributed by atoms with Gasteiger partial charge in [0.05, 0.1) is 13.2 Å². The number of hydrogen-bond donors (Lipinski definition) is 4. The Morgan fingerprint density at radius 2 is 1.67 bits per heavy atom. The summed E-state index contributed by atoms with van der Waals surface area (Å²) in [6.07, 6.45) is 0.751. The fourth-order valence-electron chi connectivity index (χ4n) is 4.21. The van der Waals surface area contributed by atoms with Crippen LogP contribution in [0.15, 0.2) is 48.5 Å². The highest BCUT2D eigenvalue weighted by Crippen LogP contribution is 2.14. The van der Waals surface area contributed by atoms with Crippen molar-refractivity contribution in [2.24, 2.45) is 5.92 Å². The van der Waals surface area contributed by atoms with Gasteiger partial charge in [0.2, 0.25) is 0 Å². The van der Waals surface area contributed by atoms with Crippen LogP contribution in [0, 0.1) is 17.8 Å². The Morgan fingerprint density at radius 1 is 1.06 bits per heavy atom. The SMILES string of the molecule is CC.O=C(NC(C(=O)NO)C1CCNC1)c1ccc(C#Cc2ccc(CN3CCOCC3)cc2)cc1. The molecule has 0 aromatic heterocycles. The van der Waals surface area contributed by atoms with Gasteiger partial charge in [-0.05, 0) is 54.9 Å². The van der Waals surface area contributed by atoms with Gasteiger partial charge in [-0.3, -0.25) is 19.7 Å². The second kappa shape index (κ2) is 14.4. The maximum Gasteiger partial charge on any atom is 0.266 e. The van der Waals surface area contributed by atoms with E-state index in [4.69, 9.17) is 9.94 Å². The van der Waals surface area contributed by atoms with Crippen molar-refractivity contribution in [2.45, 2.75) is 32.9 Å². The molecular weight excluding hydrogens is 456 g/mol. The lowest BCUT2D eigenvalue weighted by Gasteiger charge is -2.26. The lowest BCUT2D eigenvalue weighted by Crippen LogP contribution is -2.50. The van der Waals surface area contributed by atoms with Crippen LogP contribution >= 0.6 is 0 Å².